The molecule has 17 heavy (non-hydrogen) atoms. The lowest BCUT2D eigenvalue weighted by atomic mass is 10.1. The van der Waals surface area contributed by atoms with Crippen LogP contribution >= 0.6 is 0 Å². The molecule has 2 aromatic rings. The fourth-order valence-electron chi connectivity index (χ4n) is 1.84. The van der Waals surface area contributed by atoms with Crippen molar-refractivity contribution in [2.45, 2.75) is 6.92 Å². The normalized spacial score (nSPS) is 10.5. The maximum absolute atomic E-state index is 11.0. The van der Waals surface area contributed by atoms with Crippen molar-refractivity contribution < 1.29 is 9.90 Å². The van der Waals surface area contributed by atoms with Gasteiger partial charge in [0.1, 0.15) is 0 Å². The van der Waals surface area contributed by atoms with E-state index in [9.17, 15) is 4.79 Å². The van der Waals surface area contributed by atoms with Crippen LogP contribution in [0.5, 0.6) is 0 Å². The molecule has 0 saturated heterocycles. The lowest BCUT2D eigenvalue weighted by molar-refractivity contribution is 0.0697. The zero-order valence-corrected chi connectivity index (χ0v) is 10.1. The fraction of sp³-hybridized carbons (Fsp3) is 0.231. The third-order valence-electron chi connectivity index (χ3n) is 2.64. The van der Waals surface area contributed by atoms with Crippen LogP contribution in [0.4, 0.5) is 5.69 Å². The Balaban J connectivity index is 2.78. The number of hydrogen-bond acceptors (Lipinski definition) is 3. The van der Waals surface area contributed by atoms with Gasteiger partial charge in [-0.25, -0.2) is 4.79 Å². The minimum Gasteiger partial charge on any atom is -0.478 e. The van der Waals surface area contributed by atoms with E-state index in [0.717, 1.165) is 22.3 Å². The van der Waals surface area contributed by atoms with Crippen LogP contribution in [0.25, 0.3) is 10.9 Å². The van der Waals surface area contributed by atoms with Crippen molar-refractivity contribution >= 4 is 22.6 Å². The quantitative estimate of drug-likeness (QED) is 0.860. The number of aryl methyl sites for hydroxylation is 1. The summed E-state index contributed by atoms with van der Waals surface area (Å²) >= 11 is 0. The Labute approximate surface area is 99.5 Å². The van der Waals surface area contributed by atoms with Crippen molar-refractivity contribution in [2.75, 3.05) is 19.0 Å². The van der Waals surface area contributed by atoms with Crippen molar-refractivity contribution in [3.63, 3.8) is 0 Å². The Bertz CT molecular complexity index is 591. The molecule has 2 rings (SSSR count). The predicted molar refractivity (Wildman–Crippen MR) is 67.8 cm³/mol. The Kier molecular flexibility index (Phi) is 2.71. The number of carboxylic acids is 1. The first-order valence-corrected chi connectivity index (χ1v) is 5.31. The van der Waals surface area contributed by atoms with E-state index >= 15 is 0 Å². The number of aromatic nitrogens is 1. The minimum absolute atomic E-state index is 0.284. The summed E-state index contributed by atoms with van der Waals surface area (Å²) in [7, 11) is 3.86. The predicted octanol–water partition coefficient (Wildman–Crippen LogP) is 2.31. The molecule has 1 aromatic heterocycles. The molecule has 1 aromatic carbocycles. The molecule has 0 aliphatic rings. The van der Waals surface area contributed by atoms with Crippen LogP contribution in [0, 0.1) is 6.92 Å². The van der Waals surface area contributed by atoms with Gasteiger partial charge < -0.3 is 10.0 Å². The molecule has 0 radical (unpaired) electrons. The number of carboxylic acid groups (broad SMARTS) is 1. The number of nitrogens with zero attached hydrogens (tertiary/aromatic N) is 2. The molecule has 0 saturated carbocycles. The highest BCUT2D eigenvalue weighted by atomic mass is 16.4. The van der Waals surface area contributed by atoms with E-state index in [1.165, 1.54) is 0 Å². The third-order valence-corrected chi connectivity index (χ3v) is 2.64. The van der Waals surface area contributed by atoms with E-state index in [1.807, 2.05) is 32.0 Å². The van der Waals surface area contributed by atoms with Gasteiger partial charge >= 0.3 is 5.97 Å². The largest absolute Gasteiger partial charge is 0.478 e. The van der Waals surface area contributed by atoms with Crippen molar-refractivity contribution in [3.8, 4) is 0 Å². The van der Waals surface area contributed by atoms with E-state index in [4.69, 9.17) is 5.11 Å². The van der Waals surface area contributed by atoms with Crippen LogP contribution in [0.15, 0.2) is 24.3 Å². The molecule has 0 aliphatic heterocycles. The molecule has 88 valence electrons. The van der Waals surface area contributed by atoms with E-state index in [1.54, 1.807) is 18.2 Å². The van der Waals surface area contributed by atoms with E-state index in [2.05, 4.69) is 4.98 Å². The van der Waals surface area contributed by atoms with E-state index < -0.39 is 5.97 Å². The van der Waals surface area contributed by atoms with Gasteiger partial charge in [0.15, 0.2) is 0 Å². The van der Waals surface area contributed by atoms with Gasteiger partial charge in [0.05, 0.1) is 11.1 Å². The number of hydrogen-bond donors (Lipinski definition) is 1. The first kappa shape index (κ1) is 11.4. The summed E-state index contributed by atoms with van der Waals surface area (Å²) in [5.41, 5.74) is 3.00. The fourth-order valence-corrected chi connectivity index (χ4v) is 1.84. The van der Waals surface area contributed by atoms with Crippen molar-refractivity contribution in [1.82, 2.24) is 4.98 Å². The van der Waals surface area contributed by atoms with Gasteiger partial charge in [-0.2, -0.15) is 0 Å². The molecule has 1 N–H and O–H groups in total. The molecular weight excluding hydrogens is 216 g/mol. The van der Waals surface area contributed by atoms with Gasteiger partial charge in [0, 0.05) is 30.9 Å². The molecule has 4 nitrogen and oxygen atoms in total. The summed E-state index contributed by atoms with van der Waals surface area (Å²) < 4.78 is 0. The molecule has 0 amide bonds. The highest BCUT2D eigenvalue weighted by Crippen LogP contribution is 2.26. The summed E-state index contributed by atoms with van der Waals surface area (Å²) in [6.07, 6.45) is 0. The summed E-state index contributed by atoms with van der Waals surface area (Å²) in [6.45, 7) is 1.93. The van der Waals surface area contributed by atoms with Crippen LogP contribution in [0.3, 0.4) is 0 Å². The molecule has 0 aliphatic carbocycles. The Hall–Kier alpha value is -2.10. The monoisotopic (exact) mass is 230 g/mol. The Morgan fingerprint density at radius 1 is 1.29 bits per heavy atom. The van der Waals surface area contributed by atoms with Gasteiger partial charge in [-0.15, -0.1) is 0 Å². The molecule has 0 bridgehead atoms. The molecule has 0 spiro atoms. The third kappa shape index (κ3) is 2.06. The standard InChI is InChI=1S/C13H14N2O2/c1-8-6-12(15(2)3)10-7-9(13(16)17)4-5-11(10)14-8/h4-7H,1-3H3,(H,16,17). The highest BCUT2D eigenvalue weighted by Gasteiger charge is 2.09. The SMILES string of the molecule is Cc1cc(N(C)C)c2cc(C(=O)O)ccc2n1. The van der Waals surface area contributed by atoms with E-state index in [-0.39, 0.29) is 5.56 Å². The first-order valence-electron chi connectivity index (χ1n) is 5.31. The van der Waals surface area contributed by atoms with E-state index in [0.29, 0.717) is 0 Å². The Morgan fingerprint density at radius 2 is 2.00 bits per heavy atom. The number of benzene rings is 1. The van der Waals surface area contributed by atoms with Crippen LogP contribution in [0.1, 0.15) is 16.1 Å². The summed E-state index contributed by atoms with van der Waals surface area (Å²) in [6, 6.07) is 6.95. The summed E-state index contributed by atoms with van der Waals surface area (Å²) in [4.78, 5) is 17.3. The maximum Gasteiger partial charge on any atom is 0.335 e. The number of rotatable bonds is 2. The molecule has 0 fully saturated rings. The smallest absolute Gasteiger partial charge is 0.335 e. The molecule has 0 unspecified atom stereocenters. The van der Waals surface area contributed by atoms with Crippen LogP contribution < -0.4 is 4.90 Å². The second kappa shape index (κ2) is 4.05. The second-order valence-electron chi connectivity index (χ2n) is 4.21. The van der Waals surface area contributed by atoms with Crippen LogP contribution in [-0.2, 0) is 0 Å². The van der Waals surface area contributed by atoms with Crippen molar-refractivity contribution in [3.05, 3.63) is 35.5 Å². The number of aromatic carboxylic acids is 1. The number of fused-ring (bicyclic) bond motifs is 1. The van der Waals surface area contributed by atoms with Gasteiger partial charge in [-0.1, -0.05) is 0 Å². The maximum atomic E-state index is 11.0. The molecule has 4 heteroatoms. The lowest BCUT2D eigenvalue weighted by Gasteiger charge is -2.16. The minimum atomic E-state index is -0.919. The van der Waals surface area contributed by atoms with Crippen LogP contribution in [0.2, 0.25) is 0 Å². The van der Waals surface area contributed by atoms with Crippen molar-refractivity contribution in [2.24, 2.45) is 0 Å². The van der Waals surface area contributed by atoms with Gasteiger partial charge in [0.2, 0.25) is 0 Å². The molecule has 0 atom stereocenters. The van der Waals surface area contributed by atoms with Crippen LogP contribution in [-0.4, -0.2) is 30.2 Å². The lowest BCUT2D eigenvalue weighted by Crippen LogP contribution is -2.10. The zero-order valence-electron chi connectivity index (χ0n) is 10.1. The highest BCUT2D eigenvalue weighted by molar-refractivity contribution is 5.98. The van der Waals surface area contributed by atoms with Gasteiger partial charge in [-0.3, -0.25) is 4.98 Å². The average Bonchev–Trinajstić information content (AvgIpc) is 2.26. The Morgan fingerprint density at radius 3 is 2.59 bits per heavy atom. The first-order chi connectivity index (χ1) is 7.99. The number of carbonyl (C=O) groups is 1. The summed E-state index contributed by atoms with van der Waals surface area (Å²) in [5, 5.41) is 9.86. The van der Waals surface area contributed by atoms with Gasteiger partial charge in [-0.05, 0) is 31.2 Å². The molecule has 1 heterocycles. The van der Waals surface area contributed by atoms with Gasteiger partial charge in [0.25, 0.3) is 0 Å². The average molecular weight is 230 g/mol. The van der Waals surface area contributed by atoms with Crippen molar-refractivity contribution in [1.29, 1.82) is 0 Å². The zero-order chi connectivity index (χ0) is 12.6. The molecular formula is C13H14N2O2. The number of pyridine rings is 1. The topological polar surface area (TPSA) is 53.4 Å². The second-order valence-corrected chi connectivity index (χ2v) is 4.21. The summed E-state index contributed by atoms with van der Waals surface area (Å²) in [5.74, 6) is -0.919. The number of anilines is 1.